The summed E-state index contributed by atoms with van der Waals surface area (Å²) in [6.45, 7) is 0. The van der Waals surface area contributed by atoms with Gasteiger partial charge in [0.25, 0.3) is 11.4 Å². The van der Waals surface area contributed by atoms with Crippen LogP contribution in [0.4, 0.5) is 17.1 Å². The van der Waals surface area contributed by atoms with Crippen LogP contribution in [0.2, 0.25) is 0 Å². The summed E-state index contributed by atoms with van der Waals surface area (Å²) in [6, 6.07) is 2.18. The normalized spacial score (nSPS) is 9.93. The third-order valence-electron chi connectivity index (χ3n) is 1.64. The molecule has 0 bridgehead atoms. The van der Waals surface area contributed by atoms with Gasteiger partial charge in [-0.3, -0.25) is 25.4 Å². The quantitative estimate of drug-likeness (QED) is 0.342. The van der Waals surface area contributed by atoms with E-state index in [-0.39, 0.29) is 4.90 Å². The molecule has 4 N–H and O–H groups in total. The minimum absolute atomic E-state index is 0.211. The summed E-state index contributed by atoms with van der Waals surface area (Å²) in [7, 11) is 0. The predicted octanol–water partition coefficient (Wildman–Crippen LogP) is 1.05. The predicted molar refractivity (Wildman–Crippen MR) is 54.2 cm³/mol. The molecule has 80 valence electrons. The summed E-state index contributed by atoms with van der Waals surface area (Å²) in [5.74, 6) is 0. The Kier molecular flexibility index (Phi) is 3.07. The van der Waals surface area contributed by atoms with E-state index in [2.05, 4.69) is 0 Å². The first-order valence-electron chi connectivity index (χ1n) is 3.56. The molecule has 8 nitrogen and oxygen atoms in total. The highest BCUT2D eigenvalue weighted by Gasteiger charge is 2.23. The number of benzene rings is 1. The number of rotatable bonds is 3. The molecule has 0 saturated heterocycles. The van der Waals surface area contributed by atoms with E-state index in [0.717, 1.165) is 12.1 Å². The molecule has 1 aromatic carbocycles. The van der Waals surface area contributed by atoms with Crippen molar-refractivity contribution in [2.75, 3.05) is 5.73 Å². The fourth-order valence-corrected chi connectivity index (χ4v) is 1.33. The molecule has 0 saturated carbocycles. The minimum atomic E-state index is -0.790. The van der Waals surface area contributed by atoms with Crippen LogP contribution >= 0.6 is 11.9 Å². The topological polar surface area (TPSA) is 138 Å². The Labute approximate surface area is 87.7 Å². The lowest BCUT2D eigenvalue weighted by molar-refractivity contribution is -0.392. The Morgan fingerprint density at radius 3 is 1.80 bits per heavy atom. The average molecular weight is 230 g/mol. The highest BCUT2D eigenvalue weighted by atomic mass is 32.2. The minimum Gasteiger partial charge on any atom is -0.387 e. The maximum absolute atomic E-state index is 10.5. The second-order valence-electron chi connectivity index (χ2n) is 2.51. The molecule has 9 heteroatoms. The third-order valence-corrected chi connectivity index (χ3v) is 2.15. The van der Waals surface area contributed by atoms with Crippen LogP contribution in [0.5, 0.6) is 0 Å². The van der Waals surface area contributed by atoms with E-state index in [4.69, 9.17) is 10.9 Å². The van der Waals surface area contributed by atoms with Gasteiger partial charge in [-0.05, 0) is 11.9 Å². The Morgan fingerprint density at radius 2 is 1.53 bits per heavy atom. The Bertz CT molecular complexity index is 400. The van der Waals surface area contributed by atoms with Crippen LogP contribution < -0.4 is 10.9 Å². The van der Waals surface area contributed by atoms with Gasteiger partial charge in [0.1, 0.15) is 0 Å². The zero-order valence-electron chi connectivity index (χ0n) is 7.25. The second kappa shape index (κ2) is 4.11. The third kappa shape index (κ3) is 2.14. The first kappa shape index (κ1) is 11.2. The molecule has 0 aliphatic carbocycles. The van der Waals surface area contributed by atoms with Crippen molar-refractivity contribution < 1.29 is 9.85 Å². The van der Waals surface area contributed by atoms with Gasteiger partial charge in [0, 0.05) is 17.0 Å². The van der Waals surface area contributed by atoms with Crippen LogP contribution in [0, 0.1) is 20.2 Å². The molecular weight excluding hydrogens is 224 g/mol. The van der Waals surface area contributed by atoms with E-state index in [1.165, 1.54) is 0 Å². The van der Waals surface area contributed by atoms with Crippen molar-refractivity contribution in [1.29, 1.82) is 0 Å². The highest BCUT2D eigenvalue weighted by molar-refractivity contribution is 7.97. The fourth-order valence-electron chi connectivity index (χ4n) is 0.968. The first-order chi connectivity index (χ1) is 6.97. The first-order valence-corrected chi connectivity index (χ1v) is 4.44. The van der Waals surface area contributed by atoms with E-state index < -0.39 is 26.9 Å². The maximum Gasteiger partial charge on any atom is 0.300 e. The second-order valence-corrected chi connectivity index (χ2v) is 3.21. The molecule has 0 aromatic heterocycles. The number of hydrogen-bond donors (Lipinski definition) is 2. The molecule has 1 aromatic rings. The van der Waals surface area contributed by atoms with Gasteiger partial charge >= 0.3 is 0 Å². The Hall–Kier alpha value is -1.87. The van der Waals surface area contributed by atoms with Gasteiger partial charge in [-0.1, -0.05) is 0 Å². The molecule has 0 radical (unpaired) electrons. The van der Waals surface area contributed by atoms with E-state index in [9.17, 15) is 20.2 Å². The molecule has 0 aliphatic heterocycles. The van der Waals surface area contributed by atoms with Gasteiger partial charge in [0.05, 0.1) is 9.85 Å². The van der Waals surface area contributed by atoms with Crippen LogP contribution in [0.3, 0.4) is 0 Å². The Morgan fingerprint density at radius 1 is 1.13 bits per heavy atom. The number of nitro groups is 2. The monoisotopic (exact) mass is 230 g/mol. The summed E-state index contributed by atoms with van der Waals surface area (Å²) < 4.78 is 0. The number of anilines is 1. The number of nitrogens with zero attached hydrogens (tertiary/aromatic N) is 2. The van der Waals surface area contributed by atoms with Crippen molar-refractivity contribution in [2.45, 2.75) is 4.90 Å². The maximum atomic E-state index is 10.5. The summed E-state index contributed by atoms with van der Waals surface area (Å²) >= 11 is 0.676. The average Bonchev–Trinajstić information content (AvgIpc) is 2.17. The number of nitrogen functional groups attached to an aromatic ring is 1. The van der Waals surface area contributed by atoms with Gasteiger partial charge in [-0.15, -0.1) is 0 Å². The van der Waals surface area contributed by atoms with E-state index >= 15 is 0 Å². The summed E-state index contributed by atoms with van der Waals surface area (Å²) in [5.41, 5.74) is 3.77. The molecule has 0 spiro atoms. The molecule has 0 heterocycles. The van der Waals surface area contributed by atoms with Crippen molar-refractivity contribution in [1.82, 2.24) is 0 Å². The van der Waals surface area contributed by atoms with Crippen LogP contribution in [-0.2, 0) is 0 Å². The van der Waals surface area contributed by atoms with Crippen molar-refractivity contribution in [2.24, 2.45) is 5.14 Å². The summed E-state index contributed by atoms with van der Waals surface area (Å²) in [4.78, 5) is 19.7. The van der Waals surface area contributed by atoms with Gasteiger partial charge in [0.15, 0.2) is 5.69 Å². The molecule has 15 heavy (non-hydrogen) atoms. The van der Waals surface area contributed by atoms with Gasteiger partial charge in [0.2, 0.25) is 0 Å². The SMILES string of the molecule is NSc1cc([N+](=O)[O-])c(N)c([N+](=O)[O-])c1. The molecule has 0 fully saturated rings. The van der Waals surface area contributed by atoms with Crippen molar-refractivity contribution in [3.8, 4) is 0 Å². The molecular formula is C6H6N4O4S. The fraction of sp³-hybridized carbons (Fsp3) is 0. The Balaban J connectivity index is 3.47. The van der Waals surface area contributed by atoms with Crippen LogP contribution in [0.15, 0.2) is 17.0 Å². The zero-order valence-corrected chi connectivity index (χ0v) is 8.06. The van der Waals surface area contributed by atoms with Gasteiger partial charge < -0.3 is 5.73 Å². The standard InChI is InChI=1S/C6H6N4O4S/c7-6-4(9(11)12)1-3(15-8)2-5(6)10(13)14/h1-2H,7-8H2. The largest absolute Gasteiger partial charge is 0.387 e. The summed E-state index contributed by atoms with van der Waals surface area (Å²) in [5, 5.41) is 26.2. The van der Waals surface area contributed by atoms with E-state index in [0.29, 0.717) is 11.9 Å². The lowest BCUT2D eigenvalue weighted by atomic mass is 10.2. The van der Waals surface area contributed by atoms with Crippen molar-refractivity contribution in [3.63, 3.8) is 0 Å². The van der Waals surface area contributed by atoms with Crippen molar-refractivity contribution in [3.05, 3.63) is 32.4 Å². The number of nitrogens with two attached hydrogens (primary N) is 2. The lowest BCUT2D eigenvalue weighted by Crippen LogP contribution is -2.01. The highest BCUT2D eigenvalue weighted by Crippen LogP contribution is 2.34. The molecule has 0 amide bonds. The zero-order chi connectivity index (χ0) is 11.6. The molecule has 0 atom stereocenters. The van der Waals surface area contributed by atoms with E-state index in [1.807, 2.05) is 0 Å². The van der Waals surface area contributed by atoms with Gasteiger partial charge in [-0.2, -0.15) is 0 Å². The van der Waals surface area contributed by atoms with Crippen LogP contribution in [0.1, 0.15) is 0 Å². The molecule has 1 rings (SSSR count). The smallest absolute Gasteiger partial charge is 0.300 e. The van der Waals surface area contributed by atoms with Crippen LogP contribution in [-0.4, -0.2) is 9.85 Å². The molecule has 0 aliphatic rings. The lowest BCUT2D eigenvalue weighted by Gasteiger charge is -2.01. The number of nitro benzene ring substituents is 2. The van der Waals surface area contributed by atoms with Gasteiger partial charge in [-0.25, -0.2) is 0 Å². The summed E-state index contributed by atoms with van der Waals surface area (Å²) in [6.07, 6.45) is 0. The number of hydrogen-bond acceptors (Lipinski definition) is 7. The molecule has 0 unspecified atom stereocenters. The van der Waals surface area contributed by atoms with E-state index in [1.54, 1.807) is 0 Å². The van der Waals surface area contributed by atoms with Crippen molar-refractivity contribution >= 4 is 29.0 Å². The van der Waals surface area contributed by atoms with Crippen LogP contribution in [0.25, 0.3) is 0 Å².